The maximum absolute atomic E-state index is 12.8. The second-order valence-electron chi connectivity index (χ2n) is 8.27. The average Bonchev–Trinajstić information content (AvgIpc) is 3.48. The Kier molecular flexibility index (Phi) is 5.37. The summed E-state index contributed by atoms with van der Waals surface area (Å²) in [5.41, 5.74) is 4.22. The molecule has 4 rings (SSSR count). The van der Waals surface area contributed by atoms with Crippen LogP contribution in [0, 0.1) is 11.8 Å². The van der Waals surface area contributed by atoms with E-state index >= 15 is 0 Å². The standard InChI is InChI=1S/C19H28N6O4S/c1-24-19(27)16-13(10-15(21-17(16)23-24)22-18(26)11-8-9-11)20-12-6-4-5-7-14(12)25(2)30(3,28)29/h4-7,11,13,15-17,20-21,23H,8-10H2,1-3H3,(H,22,26). The molecule has 2 amide bonds. The fraction of sp³-hybridized carbons (Fsp3) is 0.579. The van der Waals surface area contributed by atoms with E-state index in [4.69, 9.17) is 0 Å². The quantitative estimate of drug-likeness (QED) is 0.480. The van der Waals surface area contributed by atoms with Gasteiger partial charge in [-0.05, 0) is 25.0 Å². The Bertz CT molecular complexity index is 950. The van der Waals surface area contributed by atoms with Gasteiger partial charge in [0.1, 0.15) is 0 Å². The monoisotopic (exact) mass is 436 g/mol. The van der Waals surface area contributed by atoms with E-state index in [9.17, 15) is 18.0 Å². The number of carbonyl (C=O) groups is 2. The van der Waals surface area contributed by atoms with E-state index in [-0.39, 0.29) is 36.1 Å². The van der Waals surface area contributed by atoms with Crippen molar-refractivity contribution in [2.24, 2.45) is 11.8 Å². The number of hydrogen-bond acceptors (Lipinski definition) is 7. The topological polar surface area (TPSA) is 123 Å². The van der Waals surface area contributed by atoms with Crippen LogP contribution in [0.4, 0.5) is 11.4 Å². The van der Waals surface area contributed by atoms with Gasteiger partial charge in [0, 0.05) is 32.5 Å². The molecule has 2 heterocycles. The lowest BCUT2D eigenvalue weighted by Crippen LogP contribution is -2.63. The van der Waals surface area contributed by atoms with Crippen molar-refractivity contribution in [2.75, 3.05) is 30.0 Å². The molecule has 0 bridgehead atoms. The SMILES string of the molecule is CN1NC2NC(NC(=O)C3CC3)CC(Nc3ccccc3N(C)S(C)(=O)=O)C2C1=O. The number of nitrogens with zero attached hydrogens (tertiary/aromatic N) is 2. The molecule has 1 saturated carbocycles. The molecule has 4 N–H and O–H groups in total. The summed E-state index contributed by atoms with van der Waals surface area (Å²) in [5.74, 6) is -0.355. The Morgan fingerprint density at radius 2 is 1.97 bits per heavy atom. The van der Waals surface area contributed by atoms with Gasteiger partial charge in [0.15, 0.2) is 0 Å². The van der Waals surface area contributed by atoms with Gasteiger partial charge >= 0.3 is 0 Å². The predicted octanol–water partition coefficient (Wildman–Crippen LogP) is -0.373. The maximum Gasteiger partial charge on any atom is 0.244 e. The van der Waals surface area contributed by atoms with Crippen LogP contribution in [0.3, 0.4) is 0 Å². The van der Waals surface area contributed by atoms with Gasteiger partial charge in [-0.15, -0.1) is 0 Å². The summed E-state index contributed by atoms with van der Waals surface area (Å²) in [4.78, 5) is 25.0. The number of nitrogens with one attached hydrogen (secondary N) is 4. The maximum atomic E-state index is 12.8. The number of para-hydroxylation sites is 2. The molecular weight excluding hydrogens is 408 g/mol. The van der Waals surface area contributed by atoms with Gasteiger partial charge in [0.25, 0.3) is 0 Å². The van der Waals surface area contributed by atoms with Gasteiger partial charge < -0.3 is 10.6 Å². The Labute approximate surface area is 176 Å². The molecule has 2 aliphatic heterocycles. The fourth-order valence-electron chi connectivity index (χ4n) is 4.08. The molecule has 1 aliphatic carbocycles. The first kappa shape index (κ1) is 20.9. The Morgan fingerprint density at radius 1 is 1.27 bits per heavy atom. The van der Waals surface area contributed by atoms with E-state index in [2.05, 4.69) is 21.4 Å². The molecule has 10 nitrogen and oxygen atoms in total. The molecule has 4 unspecified atom stereocenters. The zero-order chi connectivity index (χ0) is 21.6. The van der Waals surface area contributed by atoms with Gasteiger partial charge in [0.05, 0.1) is 35.9 Å². The lowest BCUT2D eigenvalue weighted by Gasteiger charge is -2.39. The van der Waals surface area contributed by atoms with Gasteiger partial charge in [-0.1, -0.05) is 12.1 Å². The summed E-state index contributed by atoms with van der Waals surface area (Å²) in [5, 5.41) is 11.2. The lowest BCUT2D eigenvalue weighted by atomic mass is 9.88. The third-order valence-electron chi connectivity index (χ3n) is 5.96. The van der Waals surface area contributed by atoms with E-state index < -0.39 is 15.9 Å². The van der Waals surface area contributed by atoms with E-state index in [1.54, 1.807) is 25.2 Å². The minimum Gasteiger partial charge on any atom is -0.380 e. The largest absolute Gasteiger partial charge is 0.380 e. The molecule has 3 aliphatic rings. The van der Waals surface area contributed by atoms with Gasteiger partial charge in [0.2, 0.25) is 21.8 Å². The molecule has 0 aromatic heterocycles. The highest BCUT2D eigenvalue weighted by Crippen LogP contribution is 2.33. The summed E-state index contributed by atoms with van der Waals surface area (Å²) >= 11 is 0. The van der Waals surface area contributed by atoms with Crippen LogP contribution in [0.1, 0.15) is 19.3 Å². The van der Waals surface area contributed by atoms with Crippen LogP contribution in [0.5, 0.6) is 0 Å². The molecule has 2 saturated heterocycles. The Hall–Kier alpha value is -2.37. The first-order valence-electron chi connectivity index (χ1n) is 10.0. The lowest BCUT2D eigenvalue weighted by molar-refractivity contribution is -0.131. The van der Waals surface area contributed by atoms with Gasteiger partial charge in [-0.25, -0.2) is 13.8 Å². The van der Waals surface area contributed by atoms with E-state index in [1.165, 1.54) is 16.4 Å². The molecule has 164 valence electrons. The molecule has 11 heteroatoms. The van der Waals surface area contributed by atoms with Gasteiger partial charge in [-0.2, -0.15) is 0 Å². The van der Waals surface area contributed by atoms with Crippen LogP contribution < -0.4 is 25.7 Å². The van der Waals surface area contributed by atoms with Crippen molar-refractivity contribution >= 4 is 33.2 Å². The predicted molar refractivity (Wildman–Crippen MR) is 113 cm³/mol. The Morgan fingerprint density at radius 3 is 2.63 bits per heavy atom. The second kappa shape index (κ2) is 7.71. The third kappa shape index (κ3) is 4.09. The summed E-state index contributed by atoms with van der Waals surface area (Å²) in [6.45, 7) is 0. The zero-order valence-corrected chi connectivity index (χ0v) is 18.1. The van der Waals surface area contributed by atoms with Crippen molar-refractivity contribution in [1.29, 1.82) is 0 Å². The highest BCUT2D eigenvalue weighted by atomic mass is 32.2. The second-order valence-corrected chi connectivity index (χ2v) is 10.3. The summed E-state index contributed by atoms with van der Waals surface area (Å²) < 4.78 is 25.3. The summed E-state index contributed by atoms with van der Waals surface area (Å²) in [6, 6.07) is 6.78. The summed E-state index contributed by atoms with van der Waals surface area (Å²) in [7, 11) is -0.284. The van der Waals surface area contributed by atoms with Crippen molar-refractivity contribution in [3.63, 3.8) is 0 Å². The number of carbonyl (C=O) groups excluding carboxylic acids is 2. The van der Waals surface area contributed by atoms with Crippen molar-refractivity contribution in [1.82, 2.24) is 21.1 Å². The molecule has 4 atom stereocenters. The summed E-state index contributed by atoms with van der Waals surface area (Å²) in [6.07, 6.45) is 2.82. The van der Waals surface area contributed by atoms with Crippen LogP contribution in [-0.4, -0.2) is 64.0 Å². The number of benzene rings is 1. The number of hydrogen-bond donors (Lipinski definition) is 4. The molecule has 0 spiro atoms. The first-order valence-corrected chi connectivity index (χ1v) is 11.9. The Balaban J connectivity index is 1.59. The van der Waals surface area contributed by atoms with Gasteiger partial charge in [-0.3, -0.25) is 24.2 Å². The van der Waals surface area contributed by atoms with Crippen LogP contribution in [0.15, 0.2) is 24.3 Å². The molecule has 0 radical (unpaired) electrons. The molecule has 1 aromatic carbocycles. The van der Waals surface area contributed by atoms with Crippen LogP contribution in [0.2, 0.25) is 0 Å². The normalized spacial score (nSPS) is 28.8. The zero-order valence-electron chi connectivity index (χ0n) is 17.3. The van der Waals surface area contributed by atoms with Crippen LogP contribution in [-0.2, 0) is 19.6 Å². The third-order valence-corrected chi connectivity index (χ3v) is 7.15. The number of rotatable bonds is 6. The number of fused-ring (bicyclic) bond motifs is 1. The number of amides is 2. The average molecular weight is 437 g/mol. The fourth-order valence-corrected chi connectivity index (χ4v) is 4.60. The highest BCUT2D eigenvalue weighted by molar-refractivity contribution is 7.92. The van der Waals surface area contributed by atoms with Crippen molar-refractivity contribution in [3.8, 4) is 0 Å². The van der Waals surface area contributed by atoms with E-state index in [1.807, 2.05) is 6.07 Å². The molecule has 30 heavy (non-hydrogen) atoms. The molecule has 1 aromatic rings. The van der Waals surface area contributed by atoms with E-state index in [0.717, 1.165) is 19.1 Å². The van der Waals surface area contributed by atoms with Crippen LogP contribution >= 0.6 is 0 Å². The number of hydrazine groups is 1. The molecule has 3 fully saturated rings. The number of piperidine rings is 1. The highest BCUT2D eigenvalue weighted by Gasteiger charge is 2.49. The van der Waals surface area contributed by atoms with Crippen molar-refractivity contribution in [2.45, 2.75) is 37.6 Å². The minimum absolute atomic E-state index is 0.0274. The molecular formula is C19H28N6O4S. The van der Waals surface area contributed by atoms with Crippen LogP contribution in [0.25, 0.3) is 0 Å². The van der Waals surface area contributed by atoms with E-state index in [0.29, 0.717) is 17.8 Å². The minimum atomic E-state index is -3.45. The number of anilines is 2. The first-order chi connectivity index (χ1) is 14.1. The smallest absolute Gasteiger partial charge is 0.244 e. The number of sulfonamides is 1. The van der Waals surface area contributed by atoms with Crippen molar-refractivity contribution in [3.05, 3.63) is 24.3 Å². The van der Waals surface area contributed by atoms with Crippen molar-refractivity contribution < 1.29 is 18.0 Å².